The Morgan fingerprint density at radius 2 is 2.00 bits per heavy atom. The molecule has 10 heavy (non-hydrogen) atoms. The molecule has 0 radical (unpaired) electrons. The molecule has 0 aromatic heterocycles. The molecule has 0 spiro atoms. The van der Waals surface area contributed by atoms with Crippen LogP contribution in [0.15, 0.2) is 0 Å². The van der Waals surface area contributed by atoms with Crippen molar-refractivity contribution in [2.45, 2.75) is 32.8 Å². The van der Waals surface area contributed by atoms with Gasteiger partial charge in [0, 0.05) is 22.4 Å². The molecular formula is C8H13BrO. The van der Waals surface area contributed by atoms with Crippen LogP contribution in [-0.4, -0.2) is 12.2 Å². The number of hydrogen-bond donors (Lipinski definition) is 0. The standard InChI is InChI=1S/C8H13BrO/c1-8(2,3)10-7-5-4-6-9/h5,7H2,1-3H3. The predicted molar refractivity (Wildman–Crippen MR) is 47.0 cm³/mol. The monoisotopic (exact) mass is 204 g/mol. The summed E-state index contributed by atoms with van der Waals surface area (Å²) < 4.78 is 5.41. The van der Waals surface area contributed by atoms with Crippen LogP contribution in [0.5, 0.6) is 0 Å². The highest BCUT2D eigenvalue weighted by Gasteiger charge is 2.07. The Hall–Kier alpha value is 0. The van der Waals surface area contributed by atoms with Gasteiger partial charge in [-0.25, -0.2) is 0 Å². The lowest BCUT2D eigenvalue weighted by Gasteiger charge is -2.18. The van der Waals surface area contributed by atoms with Gasteiger partial charge in [-0.2, -0.15) is 0 Å². The van der Waals surface area contributed by atoms with E-state index in [0.29, 0.717) is 6.61 Å². The van der Waals surface area contributed by atoms with Crippen molar-refractivity contribution in [2.75, 3.05) is 6.61 Å². The molecule has 0 aromatic carbocycles. The van der Waals surface area contributed by atoms with Crippen molar-refractivity contribution in [3.8, 4) is 10.8 Å². The Labute approximate surface area is 71.3 Å². The van der Waals surface area contributed by atoms with Crippen molar-refractivity contribution >= 4 is 15.9 Å². The van der Waals surface area contributed by atoms with E-state index in [2.05, 4.69) is 26.7 Å². The highest BCUT2D eigenvalue weighted by atomic mass is 79.9. The first-order chi connectivity index (χ1) is 4.56. The third kappa shape index (κ3) is 8.00. The minimum atomic E-state index is -0.0337. The van der Waals surface area contributed by atoms with Crippen LogP contribution in [0.3, 0.4) is 0 Å². The second-order valence-electron chi connectivity index (χ2n) is 2.98. The Morgan fingerprint density at radius 3 is 2.40 bits per heavy atom. The van der Waals surface area contributed by atoms with E-state index in [0.717, 1.165) is 6.42 Å². The van der Waals surface area contributed by atoms with Gasteiger partial charge in [-0.15, -0.1) is 0 Å². The van der Waals surface area contributed by atoms with Gasteiger partial charge in [0.15, 0.2) is 0 Å². The van der Waals surface area contributed by atoms with Gasteiger partial charge >= 0.3 is 0 Å². The van der Waals surface area contributed by atoms with Crippen molar-refractivity contribution in [1.82, 2.24) is 0 Å². The second kappa shape index (κ2) is 4.76. The fraction of sp³-hybridized carbons (Fsp3) is 0.750. The first-order valence-corrected chi connectivity index (χ1v) is 4.08. The van der Waals surface area contributed by atoms with Crippen LogP contribution in [0, 0.1) is 10.8 Å². The molecule has 58 valence electrons. The zero-order valence-corrected chi connectivity index (χ0v) is 8.29. The maximum Gasteiger partial charge on any atom is 0.0598 e. The Balaban J connectivity index is 3.26. The van der Waals surface area contributed by atoms with Gasteiger partial charge in [0.05, 0.1) is 12.2 Å². The normalized spacial score (nSPS) is 10.4. The van der Waals surface area contributed by atoms with Crippen molar-refractivity contribution < 1.29 is 4.74 Å². The quantitative estimate of drug-likeness (QED) is 0.497. The van der Waals surface area contributed by atoms with Gasteiger partial charge in [-0.05, 0) is 25.6 Å². The first-order valence-electron chi connectivity index (χ1n) is 3.29. The van der Waals surface area contributed by atoms with E-state index in [-0.39, 0.29) is 5.60 Å². The SMILES string of the molecule is CC(C)(C)OCCC#CBr. The molecular weight excluding hydrogens is 192 g/mol. The summed E-state index contributed by atoms with van der Waals surface area (Å²) >= 11 is 3.01. The number of rotatable bonds is 2. The van der Waals surface area contributed by atoms with E-state index in [1.54, 1.807) is 0 Å². The third-order valence-corrected chi connectivity index (χ3v) is 1.11. The van der Waals surface area contributed by atoms with Crippen LogP contribution < -0.4 is 0 Å². The zero-order chi connectivity index (χ0) is 8.04. The summed E-state index contributed by atoms with van der Waals surface area (Å²) in [5, 5.41) is 0. The zero-order valence-electron chi connectivity index (χ0n) is 6.70. The summed E-state index contributed by atoms with van der Waals surface area (Å²) in [6.07, 6.45) is 0.794. The van der Waals surface area contributed by atoms with Crippen LogP contribution in [0.2, 0.25) is 0 Å². The predicted octanol–water partition coefficient (Wildman–Crippen LogP) is 2.55. The smallest absolute Gasteiger partial charge is 0.0598 e. The molecule has 0 aliphatic carbocycles. The fourth-order valence-electron chi connectivity index (χ4n) is 0.455. The van der Waals surface area contributed by atoms with Gasteiger partial charge < -0.3 is 4.74 Å². The lowest BCUT2D eigenvalue weighted by Crippen LogP contribution is -2.19. The molecule has 0 aliphatic heterocycles. The summed E-state index contributed by atoms with van der Waals surface area (Å²) in [6, 6.07) is 0. The molecule has 0 saturated heterocycles. The molecule has 0 aromatic rings. The molecule has 0 fully saturated rings. The minimum absolute atomic E-state index is 0.0337. The van der Waals surface area contributed by atoms with Crippen molar-refractivity contribution in [3.63, 3.8) is 0 Å². The van der Waals surface area contributed by atoms with E-state index in [4.69, 9.17) is 4.74 Å². The van der Waals surface area contributed by atoms with Crippen LogP contribution in [0.4, 0.5) is 0 Å². The fourth-order valence-corrected chi connectivity index (χ4v) is 0.654. The Morgan fingerprint density at radius 1 is 1.40 bits per heavy atom. The lowest BCUT2D eigenvalue weighted by molar-refractivity contribution is 0.000608. The molecule has 0 N–H and O–H groups in total. The third-order valence-electron chi connectivity index (χ3n) is 0.829. The van der Waals surface area contributed by atoms with E-state index in [1.165, 1.54) is 0 Å². The molecule has 0 amide bonds. The van der Waals surface area contributed by atoms with Crippen LogP contribution >= 0.6 is 15.9 Å². The highest BCUT2D eigenvalue weighted by Crippen LogP contribution is 2.06. The topological polar surface area (TPSA) is 9.23 Å². The van der Waals surface area contributed by atoms with Gasteiger partial charge in [-0.1, -0.05) is 5.92 Å². The summed E-state index contributed by atoms with van der Waals surface area (Å²) in [7, 11) is 0. The van der Waals surface area contributed by atoms with E-state index >= 15 is 0 Å². The Kier molecular flexibility index (Phi) is 4.76. The molecule has 0 rings (SSSR count). The van der Waals surface area contributed by atoms with Gasteiger partial charge in [0.1, 0.15) is 0 Å². The number of ether oxygens (including phenoxy) is 1. The average Bonchev–Trinajstić information content (AvgIpc) is 1.78. The van der Waals surface area contributed by atoms with E-state index in [1.807, 2.05) is 20.8 Å². The van der Waals surface area contributed by atoms with Crippen molar-refractivity contribution in [3.05, 3.63) is 0 Å². The maximum absolute atomic E-state index is 5.41. The molecule has 0 aliphatic rings. The highest BCUT2D eigenvalue weighted by molar-refractivity contribution is 9.12. The summed E-state index contributed by atoms with van der Waals surface area (Å²) in [5.41, 5.74) is -0.0337. The average molecular weight is 205 g/mol. The number of hydrogen-bond acceptors (Lipinski definition) is 1. The van der Waals surface area contributed by atoms with Gasteiger partial charge in [0.2, 0.25) is 0 Å². The Bertz CT molecular complexity index is 136. The largest absolute Gasteiger partial charge is 0.375 e. The maximum atomic E-state index is 5.41. The van der Waals surface area contributed by atoms with Gasteiger partial charge in [0.25, 0.3) is 0 Å². The molecule has 0 bridgehead atoms. The first kappa shape index (κ1) is 10.0. The van der Waals surface area contributed by atoms with Crippen molar-refractivity contribution in [2.24, 2.45) is 0 Å². The molecule has 0 saturated carbocycles. The number of halogens is 1. The van der Waals surface area contributed by atoms with Crippen LogP contribution in [-0.2, 0) is 4.74 Å². The molecule has 2 heteroatoms. The minimum Gasteiger partial charge on any atom is -0.375 e. The van der Waals surface area contributed by atoms with E-state index in [9.17, 15) is 0 Å². The molecule has 0 unspecified atom stereocenters. The van der Waals surface area contributed by atoms with Gasteiger partial charge in [-0.3, -0.25) is 0 Å². The summed E-state index contributed by atoms with van der Waals surface area (Å²) in [6.45, 7) is 6.82. The second-order valence-corrected chi connectivity index (χ2v) is 3.38. The van der Waals surface area contributed by atoms with Crippen LogP contribution in [0.25, 0.3) is 0 Å². The van der Waals surface area contributed by atoms with E-state index < -0.39 is 0 Å². The van der Waals surface area contributed by atoms with Crippen LogP contribution in [0.1, 0.15) is 27.2 Å². The molecule has 1 nitrogen and oxygen atoms in total. The molecule has 0 heterocycles. The summed E-state index contributed by atoms with van der Waals surface area (Å²) in [4.78, 5) is 2.64. The van der Waals surface area contributed by atoms with Crippen molar-refractivity contribution in [1.29, 1.82) is 0 Å². The summed E-state index contributed by atoms with van der Waals surface area (Å²) in [5.74, 6) is 2.86. The molecule has 0 atom stereocenters. The lowest BCUT2D eigenvalue weighted by atomic mass is 10.2.